The van der Waals surface area contributed by atoms with E-state index < -0.39 is 11.7 Å². The molecule has 0 unspecified atom stereocenters. The van der Waals surface area contributed by atoms with E-state index in [1.807, 2.05) is 19.1 Å². The number of amides is 2. The number of fused-ring (bicyclic) bond motifs is 1. The summed E-state index contributed by atoms with van der Waals surface area (Å²) in [5.74, 6) is 0. The first-order valence-corrected chi connectivity index (χ1v) is 11.5. The quantitative estimate of drug-likeness (QED) is 0.469. The largest absolute Gasteiger partial charge is 0.416 e. The van der Waals surface area contributed by atoms with Gasteiger partial charge in [-0.2, -0.15) is 13.2 Å². The predicted molar refractivity (Wildman–Crippen MR) is 133 cm³/mol. The number of rotatable bonds is 6. The monoisotopic (exact) mass is 486 g/mol. The number of anilines is 3. The van der Waals surface area contributed by atoms with Crippen LogP contribution in [0.1, 0.15) is 18.1 Å². The normalized spacial score (nSPS) is 14.7. The molecule has 2 amide bonds. The van der Waals surface area contributed by atoms with E-state index in [1.54, 1.807) is 24.4 Å². The molecule has 186 valence electrons. The fourth-order valence-electron chi connectivity index (χ4n) is 4.06. The SMILES string of the molecule is CCNC(=O)Nc1cccc(CNc2cc(C(F)(F)F)cc3ncc(N4CCN(C)CC4)cc23)c1. The highest BCUT2D eigenvalue weighted by molar-refractivity contribution is 5.94. The van der Waals surface area contributed by atoms with Gasteiger partial charge in [0.2, 0.25) is 0 Å². The smallest absolute Gasteiger partial charge is 0.380 e. The number of hydrogen-bond donors (Lipinski definition) is 3. The lowest BCUT2D eigenvalue weighted by Crippen LogP contribution is -2.44. The molecule has 3 aromatic rings. The summed E-state index contributed by atoms with van der Waals surface area (Å²) in [6.45, 7) is 6.09. The number of nitrogens with one attached hydrogen (secondary N) is 3. The Labute approximate surface area is 202 Å². The van der Waals surface area contributed by atoms with Crippen LogP contribution in [0.5, 0.6) is 0 Å². The van der Waals surface area contributed by atoms with Gasteiger partial charge in [0.25, 0.3) is 0 Å². The molecule has 0 radical (unpaired) electrons. The van der Waals surface area contributed by atoms with Crippen molar-refractivity contribution in [1.29, 1.82) is 0 Å². The summed E-state index contributed by atoms with van der Waals surface area (Å²) in [4.78, 5) is 20.6. The number of hydrogen-bond acceptors (Lipinski definition) is 5. The summed E-state index contributed by atoms with van der Waals surface area (Å²) in [6, 6.07) is 11.0. The maximum absolute atomic E-state index is 13.6. The number of aromatic nitrogens is 1. The summed E-state index contributed by atoms with van der Waals surface area (Å²) in [7, 11) is 2.07. The van der Waals surface area contributed by atoms with Crippen LogP contribution < -0.4 is 20.9 Å². The average molecular weight is 487 g/mol. The minimum Gasteiger partial charge on any atom is -0.380 e. The van der Waals surface area contributed by atoms with Crippen LogP contribution in [-0.4, -0.2) is 55.7 Å². The van der Waals surface area contributed by atoms with Gasteiger partial charge in [0.05, 0.1) is 23.0 Å². The third-order valence-corrected chi connectivity index (χ3v) is 5.99. The lowest BCUT2D eigenvalue weighted by Gasteiger charge is -2.34. The molecule has 0 bridgehead atoms. The van der Waals surface area contributed by atoms with Gasteiger partial charge in [-0.3, -0.25) is 4.98 Å². The molecule has 1 aromatic heterocycles. The highest BCUT2D eigenvalue weighted by atomic mass is 19.4. The summed E-state index contributed by atoms with van der Waals surface area (Å²) in [6.07, 6.45) is -2.84. The number of benzene rings is 2. The number of pyridine rings is 1. The summed E-state index contributed by atoms with van der Waals surface area (Å²) in [5.41, 5.74) is 2.20. The summed E-state index contributed by atoms with van der Waals surface area (Å²) >= 11 is 0. The molecule has 1 saturated heterocycles. The number of alkyl halides is 3. The van der Waals surface area contributed by atoms with Crippen LogP contribution in [0.25, 0.3) is 10.9 Å². The molecule has 1 aliphatic rings. The third kappa shape index (κ3) is 6.13. The predicted octanol–water partition coefficient (Wildman–Crippen LogP) is 4.76. The van der Waals surface area contributed by atoms with Crippen LogP contribution in [0.2, 0.25) is 0 Å². The molecule has 4 rings (SSSR count). The van der Waals surface area contributed by atoms with Gasteiger partial charge in [0.1, 0.15) is 0 Å². The standard InChI is InChI=1S/C25H29F3N6O/c1-3-29-24(35)32-19-6-4-5-17(11-19)15-30-22-12-18(25(26,27)28)13-23-21(22)14-20(16-31-23)34-9-7-33(2)8-10-34/h4-6,11-14,16,30H,3,7-10,15H2,1-2H3,(H2,29,32,35). The third-order valence-electron chi connectivity index (χ3n) is 5.99. The zero-order chi connectivity index (χ0) is 25.0. The van der Waals surface area contributed by atoms with E-state index in [2.05, 4.69) is 37.8 Å². The topological polar surface area (TPSA) is 72.5 Å². The summed E-state index contributed by atoms with van der Waals surface area (Å²) < 4.78 is 40.8. The molecule has 2 aromatic carbocycles. The minimum absolute atomic E-state index is 0.278. The van der Waals surface area contributed by atoms with E-state index in [1.165, 1.54) is 0 Å². The highest BCUT2D eigenvalue weighted by Gasteiger charge is 2.31. The van der Waals surface area contributed by atoms with E-state index >= 15 is 0 Å². The van der Waals surface area contributed by atoms with Gasteiger partial charge in [-0.1, -0.05) is 12.1 Å². The lowest BCUT2D eigenvalue weighted by molar-refractivity contribution is -0.137. The number of carbonyl (C=O) groups is 1. The maximum Gasteiger partial charge on any atom is 0.416 e. The fraction of sp³-hybridized carbons (Fsp3) is 0.360. The molecule has 1 aliphatic heterocycles. The van der Waals surface area contributed by atoms with Gasteiger partial charge in [-0.15, -0.1) is 0 Å². The second-order valence-corrected chi connectivity index (χ2v) is 8.61. The zero-order valence-electron chi connectivity index (χ0n) is 19.7. The van der Waals surface area contributed by atoms with Crippen LogP contribution in [0, 0.1) is 0 Å². The highest BCUT2D eigenvalue weighted by Crippen LogP contribution is 2.36. The van der Waals surface area contributed by atoms with Crippen LogP contribution in [0.15, 0.2) is 48.7 Å². The van der Waals surface area contributed by atoms with Crippen molar-refractivity contribution in [3.8, 4) is 0 Å². The molecule has 2 heterocycles. The number of piperazine rings is 1. The second kappa shape index (κ2) is 10.4. The van der Waals surface area contributed by atoms with Crippen LogP contribution >= 0.6 is 0 Å². The van der Waals surface area contributed by atoms with E-state index in [9.17, 15) is 18.0 Å². The average Bonchev–Trinajstić information content (AvgIpc) is 2.82. The molecule has 0 aliphatic carbocycles. The Hall–Kier alpha value is -3.53. The van der Waals surface area contributed by atoms with E-state index in [0.29, 0.717) is 23.3 Å². The van der Waals surface area contributed by atoms with Crippen molar-refractivity contribution in [3.63, 3.8) is 0 Å². The Kier molecular flexibility index (Phi) is 7.30. The second-order valence-electron chi connectivity index (χ2n) is 8.61. The van der Waals surface area contributed by atoms with E-state index in [4.69, 9.17) is 0 Å². The van der Waals surface area contributed by atoms with Crippen molar-refractivity contribution in [1.82, 2.24) is 15.2 Å². The molecule has 7 nitrogen and oxygen atoms in total. The van der Waals surface area contributed by atoms with Crippen LogP contribution in [0.3, 0.4) is 0 Å². The molecule has 0 spiro atoms. The Morgan fingerprint density at radius 3 is 2.57 bits per heavy atom. The van der Waals surface area contributed by atoms with Gasteiger partial charge in [-0.05, 0) is 49.9 Å². The van der Waals surface area contributed by atoms with Crippen molar-refractivity contribution in [3.05, 3.63) is 59.8 Å². The molecule has 3 N–H and O–H groups in total. The Morgan fingerprint density at radius 2 is 1.86 bits per heavy atom. The van der Waals surface area contributed by atoms with Gasteiger partial charge in [-0.25, -0.2) is 4.79 Å². The Balaban J connectivity index is 1.62. The number of urea groups is 1. The molecular weight excluding hydrogens is 457 g/mol. The van der Waals surface area contributed by atoms with Gasteiger partial charge < -0.3 is 25.8 Å². The zero-order valence-corrected chi connectivity index (χ0v) is 19.7. The fourth-order valence-corrected chi connectivity index (χ4v) is 4.06. The van der Waals surface area contributed by atoms with Crippen molar-refractivity contribution in [2.24, 2.45) is 0 Å². The number of halogens is 3. The maximum atomic E-state index is 13.6. The molecule has 10 heteroatoms. The number of carbonyl (C=O) groups excluding carboxylic acids is 1. The summed E-state index contributed by atoms with van der Waals surface area (Å²) in [5, 5.41) is 9.20. The van der Waals surface area contributed by atoms with Gasteiger partial charge in [0.15, 0.2) is 0 Å². The lowest BCUT2D eigenvalue weighted by atomic mass is 10.1. The Morgan fingerprint density at radius 1 is 1.09 bits per heavy atom. The molecule has 0 atom stereocenters. The molecule has 0 saturated carbocycles. The molecule has 35 heavy (non-hydrogen) atoms. The van der Waals surface area contributed by atoms with Crippen LogP contribution in [0.4, 0.5) is 35.0 Å². The van der Waals surface area contributed by atoms with Crippen LogP contribution in [-0.2, 0) is 12.7 Å². The van der Waals surface area contributed by atoms with E-state index in [-0.39, 0.29) is 18.1 Å². The first-order valence-electron chi connectivity index (χ1n) is 11.5. The first kappa shape index (κ1) is 24.6. The van der Waals surface area contributed by atoms with Crippen molar-refractivity contribution < 1.29 is 18.0 Å². The van der Waals surface area contributed by atoms with Crippen molar-refractivity contribution >= 4 is 34.0 Å². The number of likely N-dealkylation sites (N-methyl/N-ethyl adjacent to an activating group) is 1. The van der Waals surface area contributed by atoms with Crippen molar-refractivity contribution in [2.45, 2.75) is 19.6 Å². The van der Waals surface area contributed by atoms with E-state index in [0.717, 1.165) is 49.6 Å². The number of nitrogens with zero attached hydrogens (tertiary/aromatic N) is 3. The minimum atomic E-state index is -4.49. The van der Waals surface area contributed by atoms with Gasteiger partial charge >= 0.3 is 12.2 Å². The van der Waals surface area contributed by atoms with Crippen molar-refractivity contribution in [2.75, 3.05) is 55.3 Å². The molecule has 1 fully saturated rings. The molecular formula is C25H29F3N6O. The first-order chi connectivity index (χ1) is 16.7. The Bertz CT molecular complexity index is 1190. The van der Waals surface area contributed by atoms with Gasteiger partial charge in [0, 0.05) is 56.0 Å².